The standard InChI is InChI=1S/C8H15NO2.C2H6/c1-9-3-5-11-7-8(9)2-4-10-6-8;1-2/h2-7H2,1H3;1-2H3. The Labute approximate surface area is 81.0 Å². The average molecular weight is 187 g/mol. The van der Waals surface area contributed by atoms with Gasteiger partial charge in [-0.05, 0) is 13.5 Å². The smallest absolute Gasteiger partial charge is 0.0698 e. The van der Waals surface area contributed by atoms with E-state index in [1.165, 1.54) is 0 Å². The van der Waals surface area contributed by atoms with Crippen LogP contribution in [0.1, 0.15) is 20.3 Å². The summed E-state index contributed by atoms with van der Waals surface area (Å²) in [6, 6.07) is 0. The van der Waals surface area contributed by atoms with Gasteiger partial charge in [0.2, 0.25) is 0 Å². The molecule has 0 aromatic heterocycles. The van der Waals surface area contributed by atoms with Crippen molar-refractivity contribution in [2.45, 2.75) is 25.8 Å². The minimum absolute atomic E-state index is 0.220. The van der Waals surface area contributed by atoms with Gasteiger partial charge >= 0.3 is 0 Å². The van der Waals surface area contributed by atoms with Gasteiger partial charge in [0.15, 0.2) is 0 Å². The number of hydrogen-bond donors (Lipinski definition) is 0. The summed E-state index contributed by atoms with van der Waals surface area (Å²) in [6.07, 6.45) is 1.13. The largest absolute Gasteiger partial charge is 0.379 e. The van der Waals surface area contributed by atoms with Gasteiger partial charge in [-0.3, -0.25) is 4.90 Å². The Balaban J connectivity index is 0.000000396. The number of nitrogens with zero attached hydrogens (tertiary/aromatic N) is 1. The molecule has 0 aromatic rings. The van der Waals surface area contributed by atoms with Crippen molar-refractivity contribution >= 4 is 0 Å². The van der Waals surface area contributed by atoms with Crippen LogP contribution in [0.25, 0.3) is 0 Å². The summed E-state index contributed by atoms with van der Waals surface area (Å²) in [5.41, 5.74) is 0.220. The summed E-state index contributed by atoms with van der Waals surface area (Å²) >= 11 is 0. The van der Waals surface area contributed by atoms with Crippen LogP contribution in [-0.2, 0) is 9.47 Å². The number of rotatable bonds is 0. The van der Waals surface area contributed by atoms with Crippen molar-refractivity contribution in [1.29, 1.82) is 0 Å². The fourth-order valence-corrected chi connectivity index (χ4v) is 1.82. The summed E-state index contributed by atoms with van der Waals surface area (Å²) in [5, 5.41) is 0. The van der Waals surface area contributed by atoms with Crippen LogP contribution in [0.5, 0.6) is 0 Å². The van der Waals surface area contributed by atoms with Gasteiger partial charge in [0, 0.05) is 13.2 Å². The van der Waals surface area contributed by atoms with Gasteiger partial charge in [0.1, 0.15) is 0 Å². The first-order valence-corrected chi connectivity index (χ1v) is 5.20. The van der Waals surface area contributed by atoms with Gasteiger partial charge in [0.25, 0.3) is 0 Å². The molecule has 1 spiro atoms. The lowest BCUT2D eigenvalue weighted by molar-refractivity contribution is -0.0578. The lowest BCUT2D eigenvalue weighted by Gasteiger charge is -2.40. The second-order valence-corrected chi connectivity index (χ2v) is 3.50. The van der Waals surface area contributed by atoms with E-state index in [1.807, 2.05) is 13.8 Å². The zero-order valence-electron chi connectivity index (χ0n) is 9.01. The normalized spacial score (nSPS) is 34.4. The molecule has 2 aliphatic heterocycles. The molecule has 2 heterocycles. The van der Waals surface area contributed by atoms with Crippen molar-refractivity contribution in [3.63, 3.8) is 0 Å². The topological polar surface area (TPSA) is 21.7 Å². The van der Waals surface area contributed by atoms with Crippen molar-refractivity contribution in [3.8, 4) is 0 Å². The maximum atomic E-state index is 5.46. The summed E-state index contributed by atoms with van der Waals surface area (Å²) in [7, 11) is 2.16. The van der Waals surface area contributed by atoms with E-state index < -0.39 is 0 Å². The highest BCUT2D eigenvalue weighted by Crippen LogP contribution is 2.27. The molecule has 2 saturated heterocycles. The van der Waals surface area contributed by atoms with E-state index in [0.29, 0.717) is 0 Å². The average Bonchev–Trinajstić information content (AvgIpc) is 2.64. The van der Waals surface area contributed by atoms with Crippen molar-refractivity contribution in [1.82, 2.24) is 4.90 Å². The monoisotopic (exact) mass is 187 g/mol. The first kappa shape index (κ1) is 11.0. The lowest BCUT2D eigenvalue weighted by Crippen LogP contribution is -2.55. The molecule has 78 valence electrons. The maximum Gasteiger partial charge on any atom is 0.0698 e. The van der Waals surface area contributed by atoms with Gasteiger partial charge in [0.05, 0.1) is 25.4 Å². The Hall–Kier alpha value is -0.120. The predicted octanol–water partition coefficient (Wildman–Crippen LogP) is 1.13. The van der Waals surface area contributed by atoms with Crippen LogP contribution < -0.4 is 0 Å². The quantitative estimate of drug-likeness (QED) is 0.567. The Morgan fingerprint density at radius 1 is 1.08 bits per heavy atom. The number of ether oxygens (including phenoxy) is 2. The van der Waals surface area contributed by atoms with Crippen molar-refractivity contribution in [3.05, 3.63) is 0 Å². The molecule has 3 nitrogen and oxygen atoms in total. The Kier molecular flexibility index (Phi) is 4.16. The fourth-order valence-electron chi connectivity index (χ4n) is 1.82. The highest BCUT2D eigenvalue weighted by Gasteiger charge is 2.40. The summed E-state index contributed by atoms with van der Waals surface area (Å²) in [4.78, 5) is 2.38. The molecule has 1 atom stereocenters. The van der Waals surface area contributed by atoms with E-state index in [-0.39, 0.29) is 5.54 Å². The first-order chi connectivity index (χ1) is 6.33. The van der Waals surface area contributed by atoms with E-state index in [1.54, 1.807) is 0 Å². The zero-order valence-corrected chi connectivity index (χ0v) is 9.01. The Morgan fingerprint density at radius 3 is 2.23 bits per heavy atom. The fraction of sp³-hybridized carbons (Fsp3) is 1.00. The summed E-state index contributed by atoms with van der Waals surface area (Å²) in [5.74, 6) is 0. The molecule has 0 amide bonds. The van der Waals surface area contributed by atoms with Crippen LogP contribution >= 0.6 is 0 Å². The molecule has 0 radical (unpaired) electrons. The van der Waals surface area contributed by atoms with Gasteiger partial charge < -0.3 is 9.47 Å². The second kappa shape index (κ2) is 4.94. The minimum Gasteiger partial charge on any atom is -0.379 e. The molecule has 0 bridgehead atoms. The van der Waals surface area contributed by atoms with Crippen LogP contribution in [0.2, 0.25) is 0 Å². The predicted molar refractivity (Wildman–Crippen MR) is 53.0 cm³/mol. The van der Waals surface area contributed by atoms with E-state index in [2.05, 4.69) is 11.9 Å². The highest BCUT2D eigenvalue weighted by molar-refractivity contribution is 4.94. The Bertz CT molecular complexity index is 144. The SMILES string of the molecule is CC.CN1CCOCC12CCOC2. The highest BCUT2D eigenvalue weighted by atomic mass is 16.5. The molecule has 0 N–H and O–H groups in total. The molecule has 1 unspecified atom stereocenters. The molecule has 0 aliphatic carbocycles. The lowest BCUT2D eigenvalue weighted by atomic mass is 9.97. The maximum absolute atomic E-state index is 5.46. The number of hydrogen-bond acceptors (Lipinski definition) is 3. The summed E-state index contributed by atoms with van der Waals surface area (Å²) in [6.45, 7) is 8.52. The van der Waals surface area contributed by atoms with Crippen molar-refractivity contribution in [2.24, 2.45) is 0 Å². The molecule has 0 saturated carbocycles. The van der Waals surface area contributed by atoms with Crippen molar-refractivity contribution < 1.29 is 9.47 Å². The van der Waals surface area contributed by atoms with Crippen LogP contribution in [-0.4, -0.2) is 50.5 Å². The van der Waals surface area contributed by atoms with Gasteiger partial charge in [-0.25, -0.2) is 0 Å². The zero-order chi connectivity index (χ0) is 9.73. The van der Waals surface area contributed by atoms with Crippen molar-refractivity contribution in [2.75, 3.05) is 40.0 Å². The molecule has 3 heteroatoms. The molecule has 2 aliphatic rings. The molecule has 13 heavy (non-hydrogen) atoms. The van der Waals surface area contributed by atoms with E-state index in [0.717, 1.165) is 39.4 Å². The van der Waals surface area contributed by atoms with E-state index in [9.17, 15) is 0 Å². The third kappa shape index (κ3) is 2.22. The Morgan fingerprint density at radius 2 is 1.69 bits per heavy atom. The third-order valence-electron chi connectivity index (χ3n) is 2.83. The molecule has 2 rings (SSSR count). The van der Waals surface area contributed by atoms with Crippen LogP contribution in [0.3, 0.4) is 0 Å². The van der Waals surface area contributed by atoms with Crippen LogP contribution in [0.15, 0.2) is 0 Å². The van der Waals surface area contributed by atoms with E-state index in [4.69, 9.17) is 9.47 Å². The third-order valence-corrected chi connectivity index (χ3v) is 2.83. The number of likely N-dealkylation sites (N-methyl/N-ethyl adjacent to an activating group) is 1. The van der Waals surface area contributed by atoms with Crippen LogP contribution in [0, 0.1) is 0 Å². The van der Waals surface area contributed by atoms with Gasteiger partial charge in [-0.2, -0.15) is 0 Å². The minimum atomic E-state index is 0.220. The molecule has 2 fully saturated rings. The molecular weight excluding hydrogens is 166 g/mol. The van der Waals surface area contributed by atoms with Crippen LogP contribution in [0.4, 0.5) is 0 Å². The first-order valence-electron chi connectivity index (χ1n) is 5.20. The molecule has 0 aromatic carbocycles. The van der Waals surface area contributed by atoms with Gasteiger partial charge in [-0.1, -0.05) is 13.8 Å². The summed E-state index contributed by atoms with van der Waals surface area (Å²) < 4.78 is 10.8. The molecular formula is C10H21NO2. The van der Waals surface area contributed by atoms with E-state index >= 15 is 0 Å². The number of morpholine rings is 1. The second-order valence-electron chi connectivity index (χ2n) is 3.50. The van der Waals surface area contributed by atoms with Gasteiger partial charge in [-0.15, -0.1) is 0 Å².